The zero-order chi connectivity index (χ0) is 14.7. The second-order valence-electron chi connectivity index (χ2n) is 4.18. The summed E-state index contributed by atoms with van der Waals surface area (Å²) in [4.78, 5) is 20.2. The van der Waals surface area contributed by atoms with Gasteiger partial charge in [0.1, 0.15) is 6.33 Å². The fourth-order valence-electron chi connectivity index (χ4n) is 1.63. The number of rotatable bonds is 4. The molecule has 0 saturated carbocycles. The van der Waals surface area contributed by atoms with Gasteiger partial charge in [0, 0.05) is 24.8 Å². The lowest BCUT2D eigenvalue weighted by molar-refractivity contribution is -0.383. The first-order valence-electron chi connectivity index (χ1n) is 5.68. The third-order valence-corrected chi connectivity index (χ3v) is 2.77. The Morgan fingerprint density at radius 2 is 1.90 bits per heavy atom. The summed E-state index contributed by atoms with van der Waals surface area (Å²) in [6.07, 6.45) is 1.28. The van der Waals surface area contributed by atoms with Gasteiger partial charge in [-0.15, -0.1) is 0 Å². The van der Waals surface area contributed by atoms with Gasteiger partial charge >= 0.3 is 5.69 Å². The van der Waals surface area contributed by atoms with Gasteiger partial charge in [-0.1, -0.05) is 11.6 Å². The Balaban J connectivity index is 2.43. The molecule has 1 aromatic heterocycles. The average molecular weight is 294 g/mol. The van der Waals surface area contributed by atoms with Crippen LogP contribution in [0.4, 0.5) is 23.0 Å². The molecule has 0 aliphatic rings. The van der Waals surface area contributed by atoms with Gasteiger partial charge in [-0.2, -0.15) is 0 Å². The second-order valence-corrected chi connectivity index (χ2v) is 4.61. The zero-order valence-electron chi connectivity index (χ0n) is 10.9. The summed E-state index contributed by atoms with van der Waals surface area (Å²) >= 11 is 5.79. The van der Waals surface area contributed by atoms with Gasteiger partial charge in [-0.25, -0.2) is 9.97 Å². The van der Waals surface area contributed by atoms with Gasteiger partial charge in [0.05, 0.1) is 4.92 Å². The summed E-state index contributed by atoms with van der Waals surface area (Å²) < 4.78 is 0. The van der Waals surface area contributed by atoms with Gasteiger partial charge in [0.25, 0.3) is 0 Å². The van der Waals surface area contributed by atoms with Crippen molar-refractivity contribution in [3.05, 3.63) is 45.7 Å². The van der Waals surface area contributed by atoms with E-state index in [1.807, 2.05) is 0 Å². The molecule has 104 valence electrons. The maximum absolute atomic E-state index is 11.2. The van der Waals surface area contributed by atoms with Crippen molar-refractivity contribution in [2.75, 3.05) is 24.3 Å². The first kappa shape index (κ1) is 14.0. The molecule has 0 fully saturated rings. The van der Waals surface area contributed by atoms with E-state index in [4.69, 9.17) is 11.6 Å². The molecule has 0 saturated heterocycles. The van der Waals surface area contributed by atoms with Crippen LogP contribution in [0.15, 0.2) is 30.6 Å². The van der Waals surface area contributed by atoms with Gasteiger partial charge < -0.3 is 10.2 Å². The molecule has 0 aliphatic heterocycles. The minimum atomic E-state index is -0.506. The van der Waals surface area contributed by atoms with Gasteiger partial charge in [-0.05, 0) is 24.3 Å². The number of halogens is 1. The number of nitrogens with zero attached hydrogens (tertiary/aromatic N) is 4. The van der Waals surface area contributed by atoms with Crippen molar-refractivity contribution in [1.82, 2.24) is 9.97 Å². The number of nitro groups is 1. The Bertz CT molecular complexity index is 630. The Hall–Kier alpha value is -2.41. The van der Waals surface area contributed by atoms with E-state index < -0.39 is 4.92 Å². The van der Waals surface area contributed by atoms with Crippen molar-refractivity contribution in [3.8, 4) is 0 Å². The molecule has 1 N–H and O–H groups in total. The molecule has 2 rings (SSSR count). The van der Waals surface area contributed by atoms with Crippen molar-refractivity contribution >= 4 is 34.6 Å². The summed E-state index contributed by atoms with van der Waals surface area (Å²) in [7, 11) is 3.36. The van der Waals surface area contributed by atoms with E-state index in [0.29, 0.717) is 10.7 Å². The molecular weight excluding hydrogens is 282 g/mol. The van der Waals surface area contributed by atoms with E-state index in [-0.39, 0.29) is 17.3 Å². The van der Waals surface area contributed by atoms with Crippen LogP contribution < -0.4 is 10.2 Å². The molecular formula is C12H12ClN5O2. The number of benzene rings is 1. The third kappa shape index (κ3) is 2.94. The standard InChI is InChI=1S/C12H12ClN5O2/c1-17(2)12-10(18(19)20)11(14-7-15-12)16-9-5-3-8(13)4-6-9/h3-7H,1-2H3,(H,14,15,16). The molecule has 0 aliphatic carbocycles. The highest BCUT2D eigenvalue weighted by molar-refractivity contribution is 6.30. The van der Waals surface area contributed by atoms with Crippen LogP contribution in [0.2, 0.25) is 5.02 Å². The van der Waals surface area contributed by atoms with Crippen molar-refractivity contribution in [2.45, 2.75) is 0 Å². The fraction of sp³-hybridized carbons (Fsp3) is 0.167. The smallest absolute Gasteiger partial charge is 0.353 e. The second kappa shape index (κ2) is 5.70. The number of anilines is 3. The fourth-order valence-corrected chi connectivity index (χ4v) is 1.75. The molecule has 8 heteroatoms. The van der Waals surface area contributed by atoms with E-state index in [1.54, 1.807) is 43.3 Å². The Labute approximate surface area is 120 Å². The summed E-state index contributed by atoms with van der Waals surface area (Å²) in [5, 5.41) is 14.7. The van der Waals surface area contributed by atoms with Crippen LogP contribution in [0.5, 0.6) is 0 Å². The summed E-state index contributed by atoms with van der Waals surface area (Å²) in [5.41, 5.74) is 0.480. The molecule has 0 spiro atoms. The number of aromatic nitrogens is 2. The lowest BCUT2D eigenvalue weighted by Gasteiger charge is -2.13. The van der Waals surface area contributed by atoms with Crippen molar-refractivity contribution in [2.24, 2.45) is 0 Å². The highest BCUT2D eigenvalue weighted by atomic mass is 35.5. The van der Waals surface area contributed by atoms with E-state index >= 15 is 0 Å². The van der Waals surface area contributed by atoms with E-state index in [9.17, 15) is 10.1 Å². The van der Waals surface area contributed by atoms with Crippen molar-refractivity contribution < 1.29 is 4.92 Å². The zero-order valence-corrected chi connectivity index (χ0v) is 11.6. The van der Waals surface area contributed by atoms with E-state index in [1.165, 1.54) is 6.33 Å². The Morgan fingerprint density at radius 1 is 1.25 bits per heavy atom. The molecule has 2 aromatic rings. The Kier molecular flexibility index (Phi) is 3.99. The van der Waals surface area contributed by atoms with Crippen LogP contribution in [0, 0.1) is 10.1 Å². The minimum absolute atomic E-state index is 0.135. The van der Waals surface area contributed by atoms with Crippen LogP contribution in [0.1, 0.15) is 0 Å². The predicted molar refractivity (Wildman–Crippen MR) is 77.7 cm³/mol. The highest BCUT2D eigenvalue weighted by Gasteiger charge is 2.24. The predicted octanol–water partition coefficient (Wildman–Crippen LogP) is 2.85. The molecule has 0 bridgehead atoms. The van der Waals surface area contributed by atoms with E-state index in [2.05, 4.69) is 15.3 Å². The molecule has 7 nitrogen and oxygen atoms in total. The maximum atomic E-state index is 11.2. The number of hydrogen-bond donors (Lipinski definition) is 1. The molecule has 20 heavy (non-hydrogen) atoms. The lowest BCUT2D eigenvalue weighted by Crippen LogP contribution is -2.14. The monoisotopic (exact) mass is 293 g/mol. The van der Waals surface area contributed by atoms with E-state index in [0.717, 1.165) is 0 Å². The molecule has 1 heterocycles. The SMILES string of the molecule is CN(C)c1ncnc(Nc2ccc(Cl)cc2)c1[N+](=O)[O-]. The molecule has 0 radical (unpaired) electrons. The van der Waals surface area contributed by atoms with Crippen LogP contribution in [-0.4, -0.2) is 29.0 Å². The van der Waals surface area contributed by atoms with Crippen LogP contribution in [0.3, 0.4) is 0 Å². The molecule has 1 aromatic carbocycles. The largest absolute Gasteiger partial charge is 0.357 e. The first-order valence-corrected chi connectivity index (χ1v) is 6.06. The maximum Gasteiger partial charge on any atom is 0.353 e. The normalized spacial score (nSPS) is 10.2. The van der Waals surface area contributed by atoms with Crippen LogP contribution >= 0.6 is 11.6 Å². The van der Waals surface area contributed by atoms with Crippen LogP contribution in [-0.2, 0) is 0 Å². The summed E-state index contributed by atoms with van der Waals surface area (Å²) in [6, 6.07) is 6.79. The quantitative estimate of drug-likeness (QED) is 0.689. The lowest BCUT2D eigenvalue weighted by atomic mass is 10.3. The summed E-state index contributed by atoms with van der Waals surface area (Å²) in [6.45, 7) is 0. The number of hydrogen-bond acceptors (Lipinski definition) is 6. The van der Waals surface area contributed by atoms with Gasteiger partial charge in [0.2, 0.25) is 11.6 Å². The van der Waals surface area contributed by atoms with Crippen molar-refractivity contribution in [1.29, 1.82) is 0 Å². The average Bonchev–Trinajstić information content (AvgIpc) is 2.40. The number of nitrogens with one attached hydrogen (secondary N) is 1. The Morgan fingerprint density at radius 3 is 2.45 bits per heavy atom. The van der Waals surface area contributed by atoms with Gasteiger partial charge in [-0.3, -0.25) is 10.1 Å². The topological polar surface area (TPSA) is 84.2 Å². The minimum Gasteiger partial charge on any atom is -0.357 e. The first-order chi connectivity index (χ1) is 9.49. The third-order valence-electron chi connectivity index (χ3n) is 2.52. The van der Waals surface area contributed by atoms with Gasteiger partial charge in [0.15, 0.2) is 0 Å². The van der Waals surface area contributed by atoms with Crippen LogP contribution in [0.25, 0.3) is 0 Å². The summed E-state index contributed by atoms with van der Waals surface area (Å²) in [5.74, 6) is 0.373. The molecule has 0 atom stereocenters. The van der Waals surface area contributed by atoms with Crippen molar-refractivity contribution in [3.63, 3.8) is 0 Å². The molecule has 0 unspecified atom stereocenters. The molecule has 0 amide bonds. The highest BCUT2D eigenvalue weighted by Crippen LogP contribution is 2.32.